The summed E-state index contributed by atoms with van der Waals surface area (Å²) in [6.07, 6.45) is 1.71. The topological polar surface area (TPSA) is 81.9 Å². The molecule has 1 aromatic carbocycles. The first-order chi connectivity index (χ1) is 12.4. The van der Waals surface area contributed by atoms with E-state index in [-0.39, 0.29) is 18.4 Å². The Hall–Kier alpha value is -1.63. The van der Waals surface area contributed by atoms with Crippen LogP contribution in [0, 0.1) is 0 Å². The van der Waals surface area contributed by atoms with E-state index in [0.29, 0.717) is 11.6 Å². The number of rotatable bonds is 2. The summed E-state index contributed by atoms with van der Waals surface area (Å²) in [4.78, 5) is 23.2. The first-order valence-electron chi connectivity index (χ1n) is 8.91. The number of carbonyl (C=O) groups excluding carboxylic acids is 2. The Kier molecular flexibility index (Phi) is 9.05. The lowest BCUT2D eigenvalue weighted by Crippen LogP contribution is -2.40. The zero-order valence-electron chi connectivity index (χ0n) is 15.9. The molecular formula is C19H29ClN2O4. The number of carbonyl (C=O) groups is 2. The smallest absolute Gasteiger partial charge is 0.254 e. The number of hydrogen-bond donors (Lipinski definition) is 1. The van der Waals surface area contributed by atoms with Crippen LogP contribution in [-0.4, -0.2) is 42.3 Å². The third-order valence-electron chi connectivity index (χ3n) is 4.05. The van der Waals surface area contributed by atoms with E-state index in [1.807, 2.05) is 56.9 Å². The van der Waals surface area contributed by atoms with E-state index in [9.17, 15) is 4.79 Å². The van der Waals surface area contributed by atoms with Crippen LogP contribution in [0.3, 0.4) is 0 Å². The van der Waals surface area contributed by atoms with Crippen LogP contribution < -0.4 is 5.73 Å². The molecule has 2 amide bonds. The Bertz CT molecular complexity index is 595. The molecule has 2 aliphatic heterocycles. The van der Waals surface area contributed by atoms with E-state index < -0.39 is 11.9 Å². The largest absolute Gasteiger partial charge is 0.372 e. The van der Waals surface area contributed by atoms with Gasteiger partial charge in [0.15, 0.2) is 11.9 Å². The van der Waals surface area contributed by atoms with Gasteiger partial charge < -0.3 is 20.1 Å². The Morgan fingerprint density at radius 1 is 1.38 bits per heavy atom. The number of hydrogen-bond acceptors (Lipinski definition) is 4. The highest BCUT2D eigenvalue weighted by atomic mass is 35.5. The molecule has 146 valence electrons. The maximum atomic E-state index is 12.7. The van der Waals surface area contributed by atoms with Crippen LogP contribution in [0.15, 0.2) is 24.3 Å². The molecule has 0 aromatic heterocycles. The van der Waals surface area contributed by atoms with Gasteiger partial charge in [-0.05, 0) is 44.4 Å². The Balaban J connectivity index is 0.000000615. The minimum atomic E-state index is -0.675. The van der Waals surface area contributed by atoms with E-state index in [4.69, 9.17) is 25.9 Å². The van der Waals surface area contributed by atoms with Gasteiger partial charge in [0, 0.05) is 11.6 Å². The van der Waals surface area contributed by atoms with Gasteiger partial charge in [-0.1, -0.05) is 37.6 Å². The number of amides is 2. The molecule has 2 N–H and O–H groups in total. The molecule has 0 bridgehead atoms. The molecule has 6 nitrogen and oxygen atoms in total. The molecule has 2 atom stereocenters. The van der Waals surface area contributed by atoms with Gasteiger partial charge in [0.1, 0.15) is 0 Å². The van der Waals surface area contributed by atoms with Crippen molar-refractivity contribution < 1.29 is 19.1 Å². The first-order valence-corrected chi connectivity index (χ1v) is 9.29. The minimum Gasteiger partial charge on any atom is -0.372 e. The van der Waals surface area contributed by atoms with E-state index in [1.165, 1.54) is 0 Å². The van der Waals surface area contributed by atoms with E-state index in [0.717, 1.165) is 24.9 Å². The zero-order chi connectivity index (χ0) is 19.7. The van der Waals surface area contributed by atoms with Crippen LogP contribution >= 0.6 is 11.6 Å². The van der Waals surface area contributed by atoms with Crippen molar-refractivity contribution in [2.75, 3.05) is 13.2 Å². The number of ether oxygens (including phenoxy) is 2. The second-order valence-electron chi connectivity index (χ2n) is 6.20. The SMILES string of the molecule is CC.CC1(C)OC[C@H](C(=O)N2CCCC2c2cccc(Cl)c2)O1.NC=O. The summed E-state index contributed by atoms with van der Waals surface area (Å²) in [6, 6.07) is 7.83. The summed E-state index contributed by atoms with van der Waals surface area (Å²) < 4.78 is 11.2. The van der Waals surface area contributed by atoms with Gasteiger partial charge >= 0.3 is 0 Å². The van der Waals surface area contributed by atoms with Crippen molar-refractivity contribution in [1.29, 1.82) is 0 Å². The normalized spacial score (nSPS) is 23.3. The Morgan fingerprint density at radius 3 is 2.58 bits per heavy atom. The van der Waals surface area contributed by atoms with Gasteiger partial charge in [0.25, 0.3) is 5.91 Å². The zero-order valence-corrected chi connectivity index (χ0v) is 16.7. The number of benzene rings is 1. The van der Waals surface area contributed by atoms with Gasteiger partial charge in [-0.15, -0.1) is 0 Å². The van der Waals surface area contributed by atoms with Crippen molar-refractivity contribution in [1.82, 2.24) is 4.90 Å². The Morgan fingerprint density at radius 2 is 2.04 bits per heavy atom. The summed E-state index contributed by atoms with van der Waals surface area (Å²) in [5.41, 5.74) is 5.26. The second kappa shape index (κ2) is 10.5. The van der Waals surface area contributed by atoms with Crippen molar-refractivity contribution in [3.8, 4) is 0 Å². The monoisotopic (exact) mass is 384 g/mol. The third kappa shape index (κ3) is 5.97. The fourth-order valence-electron chi connectivity index (χ4n) is 3.08. The highest BCUT2D eigenvalue weighted by Gasteiger charge is 2.41. The van der Waals surface area contributed by atoms with Crippen molar-refractivity contribution in [2.24, 2.45) is 5.73 Å². The number of nitrogens with two attached hydrogens (primary N) is 1. The molecule has 3 rings (SSSR count). The van der Waals surface area contributed by atoms with Gasteiger partial charge in [-0.3, -0.25) is 9.59 Å². The molecule has 2 heterocycles. The molecule has 7 heteroatoms. The average Bonchev–Trinajstić information content (AvgIpc) is 3.23. The molecule has 0 spiro atoms. The number of likely N-dealkylation sites (tertiary alicyclic amines) is 1. The molecule has 2 saturated heterocycles. The van der Waals surface area contributed by atoms with Crippen LogP contribution in [-0.2, 0) is 19.1 Å². The van der Waals surface area contributed by atoms with Crippen molar-refractivity contribution >= 4 is 23.9 Å². The lowest BCUT2D eigenvalue weighted by Gasteiger charge is -2.27. The van der Waals surface area contributed by atoms with Crippen LogP contribution in [0.5, 0.6) is 0 Å². The van der Waals surface area contributed by atoms with Crippen molar-refractivity contribution in [2.45, 2.75) is 58.5 Å². The van der Waals surface area contributed by atoms with Crippen LogP contribution in [0.25, 0.3) is 0 Å². The lowest BCUT2D eigenvalue weighted by molar-refractivity contribution is -0.160. The fourth-order valence-corrected chi connectivity index (χ4v) is 3.28. The van der Waals surface area contributed by atoms with Crippen LogP contribution in [0.4, 0.5) is 0 Å². The molecule has 2 aliphatic rings. The third-order valence-corrected chi connectivity index (χ3v) is 4.29. The van der Waals surface area contributed by atoms with E-state index in [1.54, 1.807) is 0 Å². The summed E-state index contributed by atoms with van der Waals surface area (Å²) in [6.45, 7) is 8.75. The van der Waals surface area contributed by atoms with Crippen LogP contribution in [0.1, 0.15) is 52.1 Å². The maximum absolute atomic E-state index is 12.7. The van der Waals surface area contributed by atoms with Gasteiger partial charge in [-0.2, -0.15) is 0 Å². The van der Waals surface area contributed by atoms with E-state index >= 15 is 0 Å². The molecular weight excluding hydrogens is 356 g/mol. The maximum Gasteiger partial charge on any atom is 0.254 e. The molecule has 0 saturated carbocycles. The molecule has 1 unspecified atom stereocenters. The minimum absolute atomic E-state index is 0.0167. The quantitative estimate of drug-likeness (QED) is 0.793. The average molecular weight is 385 g/mol. The summed E-state index contributed by atoms with van der Waals surface area (Å²) in [7, 11) is 0. The first kappa shape index (κ1) is 22.4. The fraction of sp³-hybridized carbons (Fsp3) is 0.579. The number of primary amides is 1. The summed E-state index contributed by atoms with van der Waals surface area (Å²) in [5, 5.41) is 0.702. The van der Waals surface area contributed by atoms with Crippen LogP contribution in [0.2, 0.25) is 5.02 Å². The number of nitrogens with zero attached hydrogens (tertiary/aromatic N) is 1. The predicted octanol–water partition coefficient (Wildman–Crippen LogP) is 3.28. The summed E-state index contributed by atoms with van der Waals surface area (Å²) >= 11 is 6.07. The van der Waals surface area contributed by atoms with Gasteiger partial charge in [0.2, 0.25) is 6.41 Å². The summed E-state index contributed by atoms with van der Waals surface area (Å²) in [5.74, 6) is -0.658. The lowest BCUT2D eigenvalue weighted by atomic mass is 10.0. The standard InChI is InChI=1S/C16H20ClNO3.C2H6.CH3NO/c1-16(2)20-10-14(21-16)15(19)18-8-4-7-13(18)11-5-3-6-12(17)9-11;1-2;2-1-3/h3,5-6,9,13-14H,4,7-8,10H2,1-2H3;1-2H3;1H,(H2,2,3)/t13?,14-;;/m1../s1. The van der Waals surface area contributed by atoms with Gasteiger partial charge in [0.05, 0.1) is 12.6 Å². The highest BCUT2D eigenvalue weighted by Crippen LogP contribution is 2.35. The van der Waals surface area contributed by atoms with Gasteiger partial charge in [-0.25, -0.2) is 0 Å². The molecule has 2 fully saturated rings. The van der Waals surface area contributed by atoms with E-state index in [2.05, 4.69) is 5.73 Å². The highest BCUT2D eigenvalue weighted by molar-refractivity contribution is 6.30. The molecule has 26 heavy (non-hydrogen) atoms. The number of halogens is 1. The second-order valence-corrected chi connectivity index (χ2v) is 6.63. The molecule has 1 aromatic rings. The molecule has 0 aliphatic carbocycles. The Labute approximate surface area is 160 Å². The van der Waals surface area contributed by atoms with Crippen molar-refractivity contribution in [3.63, 3.8) is 0 Å². The van der Waals surface area contributed by atoms with Crippen molar-refractivity contribution in [3.05, 3.63) is 34.9 Å². The predicted molar refractivity (Wildman–Crippen MR) is 102 cm³/mol. The molecule has 0 radical (unpaired) electrons.